The molecule has 13 heavy (non-hydrogen) atoms. The Morgan fingerprint density at radius 2 is 2.23 bits per heavy atom. The van der Waals surface area contributed by atoms with Crippen LogP contribution in [0.1, 0.15) is 23.3 Å². The van der Waals surface area contributed by atoms with Crippen molar-refractivity contribution in [2.24, 2.45) is 7.05 Å². The van der Waals surface area contributed by atoms with E-state index in [0.29, 0.717) is 5.56 Å². The Bertz CT molecular complexity index is 320. The van der Waals surface area contributed by atoms with E-state index >= 15 is 0 Å². The fourth-order valence-corrected chi connectivity index (χ4v) is 1.54. The van der Waals surface area contributed by atoms with Crippen LogP contribution < -0.4 is 0 Å². The number of alkyl halides is 1. The fraction of sp³-hybridized carbons (Fsp3) is 0.444. The van der Waals surface area contributed by atoms with Gasteiger partial charge in [0.25, 0.3) is 0 Å². The number of nitrogens with zero attached hydrogens (tertiary/aromatic N) is 1. The van der Waals surface area contributed by atoms with Crippen LogP contribution in [0.15, 0.2) is 10.8 Å². The van der Waals surface area contributed by atoms with Gasteiger partial charge in [-0.05, 0) is 28.4 Å². The minimum atomic E-state index is -0.0320. The first kappa shape index (κ1) is 12.7. The van der Waals surface area contributed by atoms with E-state index < -0.39 is 0 Å². The van der Waals surface area contributed by atoms with Crippen LogP contribution in [0.3, 0.4) is 0 Å². The molecule has 0 amide bonds. The van der Waals surface area contributed by atoms with Crippen molar-refractivity contribution >= 4 is 33.3 Å². The van der Waals surface area contributed by atoms with Gasteiger partial charge in [0.15, 0.2) is 5.78 Å². The van der Waals surface area contributed by atoms with E-state index in [0.717, 1.165) is 10.2 Å². The molecule has 0 aliphatic rings. The van der Waals surface area contributed by atoms with E-state index in [-0.39, 0.29) is 19.1 Å². The maximum atomic E-state index is 11.2. The van der Waals surface area contributed by atoms with Crippen LogP contribution in [0.4, 0.5) is 0 Å². The zero-order valence-electron chi connectivity index (χ0n) is 6.90. The molecule has 0 saturated carbocycles. The van der Waals surface area contributed by atoms with Crippen LogP contribution in [0.5, 0.6) is 0 Å². The molecule has 0 N–H and O–H groups in total. The fourth-order valence-electron chi connectivity index (χ4n) is 1.08. The quantitative estimate of drug-likeness (QED) is 0.595. The number of halogens is 2. The van der Waals surface area contributed by atoms with Crippen molar-refractivity contribution in [1.29, 1.82) is 0 Å². The Morgan fingerprint density at radius 1 is 1.69 bits per heavy atom. The zero-order chi connectivity index (χ0) is 9.30. The third-order valence-electron chi connectivity index (χ3n) is 1.77. The van der Waals surface area contributed by atoms with Gasteiger partial charge in [0.1, 0.15) is 0 Å². The van der Waals surface area contributed by atoms with Crippen LogP contribution in [0, 0.1) is 6.92 Å². The third-order valence-corrected chi connectivity index (χ3v) is 3.16. The second-order valence-corrected chi connectivity index (χ2v) is 3.64. The molecule has 1 aromatic heterocycles. The van der Waals surface area contributed by atoms with E-state index in [4.69, 9.17) is 11.6 Å². The summed E-state index contributed by atoms with van der Waals surface area (Å²) in [6.45, 7) is 1.89. The topological polar surface area (TPSA) is 22.0 Å². The summed E-state index contributed by atoms with van der Waals surface area (Å²) in [5, 5.41) is 0. The highest BCUT2D eigenvalue weighted by Crippen LogP contribution is 2.21. The lowest BCUT2D eigenvalue weighted by molar-refractivity contribution is 0.102. The first-order valence-corrected chi connectivity index (χ1v) is 4.81. The highest BCUT2D eigenvalue weighted by Gasteiger charge is 2.13. The SMILES string of the molecule is C.Cc1c(C(=O)CCl)cn(C)c1Br. The average molecular weight is 267 g/mol. The van der Waals surface area contributed by atoms with Gasteiger partial charge in [-0.1, -0.05) is 7.43 Å². The van der Waals surface area contributed by atoms with Gasteiger partial charge in [-0.2, -0.15) is 0 Å². The molecule has 0 bridgehead atoms. The Balaban J connectivity index is 0.00000144. The summed E-state index contributed by atoms with van der Waals surface area (Å²) in [6, 6.07) is 0. The highest BCUT2D eigenvalue weighted by atomic mass is 79.9. The summed E-state index contributed by atoms with van der Waals surface area (Å²) >= 11 is 8.81. The molecule has 0 aliphatic carbocycles. The van der Waals surface area contributed by atoms with Crippen molar-refractivity contribution in [3.8, 4) is 0 Å². The number of aromatic nitrogens is 1. The molecule has 0 radical (unpaired) electrons. The van der Waals surface area contributed by atoms with Crippen molar-refractivity contribution < 1.29 is 4.79 Å². The van der Waals surface area contributed by atoms with Gasteiger partial charge in [-0.15, -0.1) is 11.6 Å². The van der Waals surface area contributed by atoms with E-state index in [2.05, 4.69) is 15.9 Å². The van der Waals surface area contributed by atoms with Gasteiger partial charge in [0, 0.05) is 18.8 Å². The average Bonchev–Trinajstić information content (AvgIpc) is 2.32. The van der Waals surface area contributed by atoms with Gasteiger partial charge in [-0.3, -0.25) is 4.79 Å². The molecular weight excluding hydrogens is 253 g/mol. The summed E-state index contributed by atoms with van der Waals surface area (Å²) in [6.07, 6.45) is 1.78. The number of carbonyl (C=O) groups is 1. The van der Waals surface area contributed by atoms with Crippen LogP contribution >= 0.6 is 27.5 Å². The minimum Gasteiger partial charge on any atom is -0.344 e. The Kier molecular flexibility index (Phi) is 4.71. The summed E-state index contributed by atoms with van der Waals surface area (Å²) in [5.41, 5.74) is 1.64. The van der Waals surface area contributed by atoms with Crippen LogP contribution in [0.25, 0.3) is 0 Å². The standard InChI is InChI=1S/C8H9BrClNO.CH4/c1-5-6(7(12)3-10)4-11(2)8(5)9;/h4H,3H2,1-2H3;1H4. The first-order valence-electron chi connectivity index (χ1n) is 3.48. The minimum absolute atomic E-state index is 0. The smallest absolute Gasteiger partial charge is 0.179 e. The number of ketones is 1. The summed E-state index contributed by atoms with van der Waals surface area (Å²) in [4.78, 5) is 11.2. The predicted octanol–water partition coefficient (Wildman–Crippen LogP) is 3.15. The molecule has 0 atom stereocenters. The van der Waals surface area contributed by atoms with Gasteiger partial charge in [0.2, 0.25) is 0 Å². The molecule has 1 heterocycles. The van der Waals surface area contributed by atoms with Gasteiger partial charge >= 0.3 is 0 Å². The first-order chi connectivity index (χ1) is 5.57. The van der Waals surface area contributed by atoms with Crippen molar-refractivity contribution in [2.45, 2.75) is 14.4 Å². The lowest BCUT2D eigenvalue weighted by Crippen LogP contribution is -1.99. The maximum absolute atomic E-state index is 11.2. The van der Waals surface area contributed by atoms with Crippen molar-refractivity contribution in [1.82, 2.24) is 4.57 Å². The molecule has 0 fully saturated rings. The van der Waals surface area contributed by atoms with E-state index in [1.165, 1.54) is 0 Å². The van der Waals surface area contributed by atoms with Crippen molar-refractivity contribution in [3.05, 3.63) is 21.9 Å². The Morgan fingerprint density at radius 3 is 2.54 bits per heavy atom. The number of rotatable bonds is 2. The van der Waals surface area contributed by atoms with Crippen LogP contribution in [-0.4, -0.2) is 16.2 Å². The van der Waals surface area contributed by atoms with E-state index in [1.54, 1.807) is 6.20 Å². The lowest BCUT2D eigenvalue weighted by Gasteiger charge is -1.93. The summed E-state index contributed by atoms with van der Waals surface area (Å²) in [5.74, 6) is 0.00701. The molecule has 0 aliphatic heterocycles. The normalized spacial score (nSPS) is 9.54. The largest absolute Gasteiger partial charge is 0.344 e. The number of hydrogen-bond donors (Lipinski definition) is 0. The molecule has 0 saturated heterocycles. The number of Topliss-reactive ketones (excluding diaryl/α,β-unsaturated/α-hetero) is 1. The van der Waals surface area contributed by atoms with Gasteiger partial charge in [0.05, 0.1) is 10.5 Å². The molecule has 0 unspecified atom stereocenters. The Labute approximate surface area is 92.0 Å². The molecule has 0 aromatic carbocycles. The number of hydrogen-bond acceptors (Lipinski definition) is 1. The molecule has 1 rings (SSSR count). The molecule has 4 heteroatoms. The lowest BCUT2D eigenvalue weighted by atomic mass is 10.1. The molecule has 0 spiro atoms. The van der Waals surface area contributed by atoms with Crippen molar-refractivity contribution in [3.63, 3.8) is 0 Å². The van der Waals surface area contributed by atoms with Crippen LogP contribution in [-0.2, 0) is 7.05 Å². The highest BCUT2D eigenvalue weighted by molar-refractivity contribution is 9.10. The van der Waals surface area contributed by atoms with Crippen LogP contribution in [0.2, 0.25) is 0 Å². The van der Waals surface area contributed by atoms with Gasteiger partial charge < -0.3 is 4.57 Å². The monoisotopic (exact) mass is 265 g/mol. The summed E-state index contributed by atoms with van der Waals surface area (Å²) < 4.78 is 2.78. The summed E-state index contributed by atoms with van der Waals surface area (Å²) in [7, 11) is 1.88. The third kappa shape index (κ3) is 2.35. The number of carbonyl (C=O) groups excluding carboxylic acids is 1. The van der Waals surface area contributed by atoms with E-state index in [1.807, 2.05) is 18.5 Å². The van der Waals surface area contributed by atoms with Crippen molar-refractivity contribution in [2.75, 3.05) is 5.88 Å². The van der Waals surface area contributed by atoms with Gasteiger partial charge in [-0.25, -0.2) is 0 Å². The second kappa shape index (κ2) is 4.82. The molecule has 1 aromatic rings. The number of aryl methyl sites for hydroxylation is 1. The predicted molar refractivity (Wildman–Crippen MR) is 59.6 cm³/mol. The maximum Gasteiger partial charge on any atom is 0.179 e. The molecular formula is C9H13BrClNO. The molecule has 74 valence electrons. The molecule has 2 nitrogen and oxygen atoms in total. The van der Waals surface area contributed by atoms with E-state index in [9.17, 15) is 4.79 Å². The Hall–Kier alpha value is -0.280. The zero-order valence-corrected chi connectivity index (χ0v) is 9.24. The second-order valence-electron chi connectivity index (χ2n) is 2.63.